The molecule has 126 valence electrons. The number of carbonyl (C=O) groups excluding carboxylic acids is 1. The first-order valence-electron chi connectivity index (χ1n) is 7.81. The van der Waals surface area contributed by atoms with Crippen LogP contribution in [0.3, 0.4) is 0 Å². The first kappa shape index (κ1) is 16.4. The molecule has 0 bridgehead atoms. The van der Waals surface area contributed by atoms with Gasteiger partial charge in [-0.15, -0.1) is 0 Å². The van der Waals surface area contributed by atoms with Crippen LogP contribution in [0.5, 0.6) is 0 Å². The molecule has 1 aromatic rings. The van der Waals surface area contributed by atoms with Crippen LogP contribution in [0.15, 0.2) is 12.4 Å². The van der Waals surface area contributed by atoms with E-state index in [2.05, 4.69) is 20.2 Å². The molecule has 1 N–H and O–H groups in total. The average Bonchev–Trinajstić information content (AvgIpc) is 2.91. The molecule has 23 heavy (non-hydrogen) atoms. The monoisotopic (exact) mass is 339 g/mol. The summed E-state index contributed by atoms with van der Waals surface area (Å²) in [6.07, 6.45) is 4.58. The molecule has 2 aliphatic rings. The summed E-state index contributed by atoms with van der Waals surface area (Å²) in [6, 6.07) is 0.679. The Morgan fingerprint density at radius 3 is 2.87 bits per heavy atom. The lowest BCUT2D eigenvalue weighted by Gasteiger charge is -2.35. The number of carbonyl (C=O) groups is 1. The largest absolute Gasteiger partial charge is 0.375 e. The maximum atomic E-state index is 11.8. The Balaban J connectivity index is 1.52. The van der Waals surface area contributed by atoms with Crippen molar-refractivity contribution in [1.82, 2.24) is 19.8 Å². The zero-order chi connectivity index (χ0) is 16.4. The van der Waals surface area contributed by atoms with Gasteiger partial charge in [-0.25, -0.2) is 9.97 Å². The molecule has 0 radical (unpaired) electrons. The van der Waals surface area contributed by atoms with E-state index < -0.39 is 0 Å². The van der Waals surface area contributed by atoms with Gasteiger partial charge in [0.05, 0.1) is 36.5 Å². The number of morpholine rings is 1. The number of halogens is 1. The van der Waals surface area contributed by atoms with Crippen LogP contribution in [0.2, 0.25) is 5.02 Å². The second-order valence-corrected chi connectivity index (χ2v) is 6.79. The quantitative estimate of drug-likeness (QED) is 0.877. The molecular weight excluding hydrogens is 318 g/mol. The molecule has 0 saturated carbocycles. The van der Waals surface area contributed by atoms with Crippen LogP contribution in [0.1, 0.15) is 12.8 Å². The van der Waals surface area contributed by atoms with Gasteiger partial charge in [-0.05, 0) is 6.42 Å². The van der Waals surface area contributed by atoms with Gasteiger partial charge >= 0.3 is 0 Å². The summed E-state index contributed by atoms with van der Waals surface area (Å²) in [5.41, 5.74) is 0. The summed E-state index contributed by atoms with van der Waals surface area (Å²) in [4.78, 5) is 24.2. The summed E-state index contributed by atoms with van der Waals surface area (Å²) in [6.45, 7) is 2.38. The van der Waals surface area contributed by atoms with E-state index in [1.165, 1.54) is 0 Å². The number of nitrogens with zero attached hydrogens (tertiary/aromatic N) is 4. The SMILES string of the molecule is CN(C)C(=O)C[C@H]1CN2C[C@H](Nc3ncc(Cl)cn3)C[C@H]2CO1. The van der Waals surface area contributed by atoms with Crippen molar-refractivity contribution < 1.29 is 9.53 Å². The summed E-state index contributed by atoms with van der Waals surface area (Å²) in [5.74, 6) is 0.705. The Morgan fingerprint density at radius 2 is 2.17 bits per heavy atom. The van der Waals surface area contributed by atoms with Gasteiger partial charge in [0.15, 0.2) is 0 Å². The molecule has 1 aromatic heterocycles. The van der Waals surface area contributed by atoms with Crippen LogP contribution in [0.25, 0.3) is 0 Å². The van der Waals surface area contributed by atoms with Crippen LogP contribution >= 0.6 is 11.6 Å². The van der Waals surface area contributed by atoms with E-state index in [-0.39, 0.29) is 18.1 Å². The Bertz CT molecular complexity index is 553. The first-order valence-corrected chi connectivity index (χ1v) is 8.19. The molecule has 0 aromatic carbocycles. The number of aromatic nitrogens is 2. The minimum Gasteiger partial charge on any atom is -0.375 e. The molecule has 0 aliphatic carbocycles. The van der Waals surface area contributed by atoms with Crippen LogP contribution in [0.4, 0.5) is 5.95 Å². The summed E-state index contributed by atoms with van der Waals surface area (Å²) in [5, 5.41) is 3.87. The lowest BCUT2D eigenvalue weighted by molar-refractivity contribution is -0.134. The molecule has 2 saturated heterocycles. The molecule has 3 atom stereocenters. The third-order valence-electron chi connectivity index (χ3n) is 4.34. The lowest BCUT2D eigenvalue weighted by Crippen LogP contribution is -2.47. The highest BCUT2D eigenvalue weighted by Gasteiger charge is 2.38. The normalized spacial score (nSPS) is 27.5. The topological polar surface area (TPSA) is 70.6 Å². The van der Waals surface area contributed by atoms with Gasteiger partial charge in [-0.3, -0.25) is 9.69 Å². The van der Waals surface area contributed by atoms with E-state index in [1.54, 1.807) is 31.4 Å². The average molecular weight is 340 g/mol. The van der Waals surface area contributed by atoms with E-state index >= 15 is 0 Å². The maximum Gasteiger partial charge on any atom is 0.224 e. The standard InChI is InChI=1S/C15H22ClN5O2/c1-20(2)14(22)4-13-8-21-7-11(3-12(21)9-23-13)19-15-17-5-10(16)6-18-15/h5-6,11-13H,3-4,7-9H2,1-2H3,(H,17,18,19)/t11-,12+,13+/m1/s1. The summed E-state index contributed by atoms with van der Waals surface area (Å²) in [7, 11) is 3.55. The van der Waals surface area contributed by atoms with Crippen molar-refractivity contribution in [3.63, 3.8) is 0 Å². The Kier molecular flexibility index (Phi) is 4.99. The fraction of sp³-hybridized carbons (Fsp3) is 0.667. The molecule has 8 heteroatoms. The predicted octanol–water partition coefficient (Wildman–Crippen LogP) is 0.862. The molecule has 2 aliphatic heterocycles. The van der Waals surface area contributed by atoms with E-state index in [4.69, 9.17) is 16.3 Å². The molecular formula is C15H22ClN5O2. The highest BCUT2D eigenvalue weighted by Crippen LogP contribution is 2.26. The first-order chi connectivity index (χ1) is 11.0. The smallest absolute Gasteiger partial charge is 0.224 e. The van der Waals surface area contributed by atoms with E-state index in [9.17, 15) is 4.79 Å². The molecule has 7 nitrogen and oxygen atoms in total. The van der Waals surface area contributed by atoms with Gasteiger partial charge in [0, 0.05) is 39.3 Å². The maximum absolute atomic E-state index is 11.8. The van der Waals surface area contributed by atoms with Crippen LogP contribution < -0.4 is 5.32 Å². The summed E-state index contributed by atoms with van der Waals surface area (Å²) >= 11 is 5.80. The second-order valence-electron chi connectivity index (χ2n) is 6.36. The van der Waals surface area contributed by atoms with Gasteiger partial charge in [-0.1, -0.05) is 11.6 Å². The van der Waals surface area contributed by atoms with Crippen molar-refractivity contribution in [2.45, 2.75) is 31.0 Å². The number of amides is 1. The number of fused-ring (bicyclic) bond motifs is 1. The zero-order valence-electron chi connectivity index (χ0n) is 13.4. The van der Waals surface area contributed by atoms with Gasteiger partial charge in [0.2, 0.25) is 11.9 Å². The molecule has 3 rings (SSSR count). The third-order valence-corrected chi connectivity index (χ3v) is 4.54. The van der Waals surface area contributed by atoms with Crippen LogP contribution in [-0.2, 0) is 9.53 Å². The van der Waals surface area contributed by atoms with Crippen molar-refractivity contribution >= 4 is 23.5 Å². The predicted molar refractivity (Wildman–Crippen MR) is 87.5 cm³/mol. The van der Waals surface area contributed by atoms with Crippen LogP contribution in [-0.4, -0.2) is 77.7 Å². The highest BCUT2D eigenvalue weighted by molar-refractivity contribution is 6.30. The van der Waals surface area contributed by atoms with E-state index in [0.29, 0.717) is 30.0 Å². The Labute approximate surface area is 141 Å². The van der Waals surface area contributed by atoms with Gasteiger partial charge in [0.1, 0.15) is 0 Å². The van der Waals surface area contributed by atoms with Crippen molar-refractivity contribution in [1.29, 1.82) is 0 Å². The summed E-state index contributed by atoms with van der Waals surface area (Å²) < 4.78 is 5.86. The number of ether oxygens (including phenoxy) is 1. The van der Waals surface area contributed by atoms with E-state index in [1.807, 2.05) is 0 Å². The van der Waals surface area contributed by atoms with Gasteiger partial charge in [-0.2, -0.15) is 0 Å². The number of anilines is 1. The molecule has 3 heterocycles. The fourth-order valence-corrected chi connectivity index (χ4v) is 3.22. The van der Waals surface area contributed by atoms with Crippen molar-refractivity contribution in [2.75, 3.05) is 39.1 Å². The Hall–Kier alpha value is -1.44. The minimum atomic E-state index is -0.0216. The van der Waals surface area contributed by atoms with Crippen LogP contribution in [0, 0.1) is 0 Å². The Morgan fingerprint density at radius 1 is 1.43 bits per heavy atom. The number of hydrogen-bond acceptors (Lipinski definition) is 6. The van der Waals surface area contributed by atoms with Crippen molar-refractivity contribution in [3.05, 3.63) is 17.4 Å². The highest BCUT2D eigenvalue weighted by atomic mass is 35.5. The van der Waals surface area contributed by atoms with Gasteiger partial charge < -0.3 is 15.0 Å². The number of nitrogens with one attached hydrogen (secondary N) is 1. The number of hydrogen-bond donors (Lipinski definition) is 1. The third kappa shape index (κ3) is 4.10. The number of rotatable bonds is 4. The molecule has 0 spiro atoms. The minimum absolute atomic E-state index is 0.0216. The van der Waals surface area contributed by atoms with E-state index in [0.717, 1.165) is 19.5 Å². The van der Waals surface area contributed by atoms with Crippen molar-refractivity contribution in [2.24, 2.45) is 0 Å². The second kappa shape index (κ2) is 6.98. The lowest BCUT2D eigenvalue weighted by atomic mass is 10.1. The molecule has 1 amide bonds. The zero-order valence-corrected chi connectivity index (χ0v) is 14.2. The van der Waals surface area contributed by atoms with Gasteiger partial charge in [0.25, 0.3) is 0 Å². The van der Waals surface area contributed by atoms with Crippen molar-refractivity contribution in [3.8, 4) is 0 Å². The fourth-order valence-electron chi connectivity index (χ4n) is 3.12. The molecule has 0 unspecified atom stereocenters. The molecule has 2 fully saturated rings.